The van der Waals surface area contributed by atoms with Gasteiger partial charge >= 0.3 is 0 Å². The van der Waals surface area contributed by atoms with E-state index in [0.29, 0.717) is 0 Å². The van der Waals surface area contributed by atoms with Gasteiger partial charge in [0.1, 0.15) is 0 Å². The summed E-state index contributed by atoms with van der Waals surface area (Å²) in [7, 11) is -4.10. The summed E-state index contributed by atoms with van der Waals surface area (Å²) in [4.78, 5) is 11.3. The maximum Gasteiger partial charge on any atom is 0.267 e. The molecule has 2 unspecified atom stereocenters. The van der Waals surface area contributed by atoms with Gasteiger partial charge in [-0.1, -0.05) is 62.3 Å². The second kappa shape index (κ2) is 10.8. The molecule has 0 saturated carbocycles. The van der Waals surface area contributed by atoms with Crippen LogP contribution < -0.4 is 4.89 Å². The Labute approximate surface area is 133 Å². The minimum atomic E-state index is -4.10. The highest BCUT2D eigenvalue weighted by Crippen LogP contribution is 2.43. The van der Waals surface area contributed by atoms with Crippen molar-refractivity contribution < 1.29 is 18.5 Å². The molecule has 21 heavy (non-hydrogen) atoms. The molecule has 132 valence electrons. The Kier molecular flexibility index (Phi) is 13.4. The molecule has 0 aromatic rings. The fourth-order valence-electron chi connectivity index (χ4n) is 2.27. The number of rotatable bonds is 10. The minimum absolute atomic E-state index is 0. The number of hydrogen-bond donors (Lipinski definition) is 0. The fraction of sp³-hybridized carbons (Fsp3) is 1.00. The van der Waals surface area contributed by atoms with Crippen LogP contribution in [0.1, 0.15) is 82.1 Å². The third-order valence-electron chi connectivity index (χ3n) is 3.96. The Morgan fingerprint density at radius 2 is 1.52 bits per heavy atom. The summed E-state index contributed by atoms with van der Waals surface area (Å²) >= 11 is 0. The third-order valence-corrected chi connectivity index (χ3v) is 5.03. The maximum absolute atomic E-state index is 11.3. The van der Waals surface area contributed by atoms with Crippen molar-refractivity contribution in [3.05, 3.63) is 0 Å². The summed E-state index contributed by atoms with van der Waals surface area (Å²) < 4.78 is 20.8. The highest BCUT2D eigenvalue weighted by Gasteiger charge is 2.30. The van der Waals surface area contributed by atoms with Gasteiger partial charge in [0.25, 0.3) is 7.82 Å². The molecule has 0 spiro atoms. The lowest BCUT2D eigenvalue weighted by Crippen LogP contribution is -2.26. The Morgan fingerprint density at radius 1 is 1.00 bits per heavy atom. The zero-order valence-electron chi connectivity index (χ0n) is 13.3. The molecule has 5 heteroatoms. The summed E-state index contributed by atoms with van der Waals surface area (Å²) in [6, 6.07) is 0. The van der Waals surface area contributed by atoms with Gasteiger partial charge in [-0.05, 0) is 30.6 Å². The van der Waals surface area contributed by atoms with Gasteiger partial charge in [-0.25, -0.2) is 0 Å². The lowest BCUT2D eigenvalue weighted by Gasteiger charge is -2.37. The van der Waals surface area contributed by atoms with Gasteiger partial charge in [-0.15, -0.1) is 0 Å². The first-order valence-corrected chi connectivity index (χ1v) is 8.66. The first-order valence-electron chi connectivity index (χ1n) is 7.20. The van der Waals surface area contributed by atoms with Crippen molar-refractivity contribution in [1.29, 1.82) is 0 Å². The second-order valence-corrected chi connectivity index (χ2v) is 7.72. The average molecular weight is 325 g/mol. The van der Waals surface area contributed by atoms with Gasteiger partial charge in [0, 0.05) is 0 Å². The molecule has 0 aromatic heterocycles. The predicted molar refractivity (Wildman–Crippen MR) is 90.4 cm³/mol. The van der Waals surface area contributed by atoms with Crippen molar-refractivity contribution in [3.63, 3.8) is 0 Å². The Bertz CT molecular complexity index is 305. The van der Waals surface area contributed by atoms with Crippen LogP contribution in [0.3, 0.4) is 0 Å². The Balaban J connectivity index is -0.00000162. The van der Waals surface area contributed by atoms with E-state index >= 15 is 0 Å². The van der Waals surface area contributed by atoms with Crippen molar-refractivity contribution in [1.82, 2.24) is 0 Å². The van der Waals surface area contributed by atoms with Crippen molar-refractivity contribution >= 4 is 7.82 Å². The summed E-state index contributed by atoms with van der Waals surface area (Å²) in [6.07, 6.45) is 3.92. The molecular weight excluding hydrogens is 287 g/mol. The SMILES string of the molecule is C.C.CCOP(=O)([O-])OCCC(C)(CC)CC(C)(C)CC. The van der Waals surface area contributed by atoms with Crippen LogP contribution >= 0.6 is 7.82 Å². The van der Waals surface area contributed by atoms with E-state index in [4.69, 9.17) is 4.52 Å². The van der Waals surface area contributed by atoms with Gasteiger partial charge in [0.2, 0.25) is 0 Å². The van der Waals surface area contributed by atoms with Crippen LogP contribution in [-0.4, -0.2) is 13.2 Å². The standard InChI is InChI=1S/C14H31O4P.2CH4/c1-7-13(4,5)12-14(6,8-2)10-11-18-19(15,16)17-9-3;;/h7-12H2,1-6H3,(H,15,16);2*1H4/p-1. The predicted octanol–water partition coefficient (Wildman–Crippen LogP) is 5.41. The normalized spacial score (nSPS) is 17.1. The van der Waals surface area contributed by atoms with Crippen LogP contribution in [-0.2, 0) is 13.6 Å². The topological polar surface area (TPSA) is 58.6 Å². The van der Waals surface area contributed by atoms with Crippen LogP contribution in [0.4, 0.5) is 0 Å². The van der Waals surface area contributed by atoms with Crippen molar-refractivity contribution in [3.8, 4) is 0 Å². The van der Waals surface area contributed by atoms with Gasteiger partial charge in [0.05, 0.1) is 13.2 Å². The molecule has 0 fully saturated rings. The third kappa shape index (κ3) is 11.3. The maximum atomic E-state index is 11.3. The lowest BCUT2D eigenvalue weighted by molar-refractivity contribution is -0.225. The van der Waals surface area contributed by atoms with E-state index in [-0.39, 0.29) is 38.9 Å². The molecule has 0 bridgehead atoms. The monoisotopic (exact) mass is 325 g/mol. The number of phosphoric ester groups is 1. The summed E-state index contributed by atoms with van der Waals surface area (Å²) in [5.74, 6) is 0. The highest BCUT2D eigenvalue weighted by molar-refractivity contribution is 7.45. The molecule has 0 aliphatic carbocycles. The van der Waals surface area contributed by atoms with Gasteiger partial charge in [-0.3, -0.25) is 4.57 Å². The van der Waals surface area contributed by atoms with E-state index in [1.807, 2.05) is 0 Å². The van der Waals surface area contributed by atoms with Crippen LogP contribution in [0.15, 0.2) is 0 Å². The molecule has 0 saturated heterocycles. The number of hydrogen-bond acceptors (Lipinski definition) is 4. The minimum Gasteiger partial charge on any atom is -0.756 e. The lowest BCUT2D eigenvalue weighted by atomic mass is 9.70. The van der Waals surface area contributed by atoms with E-state index in [9.17, 15) is 9.46 Å². The van der Waals surface area contributed by atoms with Gasteiger partial charge < -0.3 is 13.9 Å². The summed E-state index contributed by atoms with van der Waals surface area (Å²) in [5.41, 5.74) is 0.373. The molecule has 0 amide bonds. The summed E-state index contributed by atoms with van der Waals surface area (Å²) in [6.45, 7) is 13.0. The molecule has 0 heterocycles. The summed E-state index contributed by atoms with van der Waals surface area (Å²) in [5, 5.41) is 0. The fourth-order valence-corrected chi connectivity index (χ4v) is 2.98. The first kappa shape index (κ1) is 26.0. The molecule has 0 rings (SSSR count). The molecule has 2 atom stereocenters. The van der Waals surface area contributed by atoms with Crippen molar-refractivity contribution in [2.45, 2.75) is 82.1 Å². The van der Waals surface area contributed by atoms with E-state index in [0.717, 1.165) is 25.7 Å². The first-order chi connectivity index (χ1) is 8.60. The zero-order chi connectivity index (χ0) is 15.2. The van der Waals surface area contributed by atoms with Crippen LogP contribution in [0.2, 0.25) is 0 Å². The van der Waals surface area contributed by atoms with E-state index in [1.165, 1.54) is 0 Å². The smallest absolute Gasteiger partial charge is 0.267 e. The van der Waals surface area contributed by atoms with Gasteiger partial charge in [-0.2, -0.15) is 0 Å². The van der Waals surface area contributed by atoms with E-state index in [2.05, 4.69) is 39.1 Å². The molecule has 0 radical (unpaired) electrons. The molecule has 4 nitrogen and oxygen atoms in total. The van der Waals surface area contributed by atoms with Crippen LogP contribution in [0, 0.1) is 10.8 Å². The molecule has 0 N–H and O–H groups in total. The molecular formula is C16H38O4P-. The van der Waals surface area contributed by atoms with Crippen molar-refractivity contribution in [2.24, 2.45) is 10.8 Å². The van der Waals surface area contributed by atoms with E-state index < -0.39 is 7.82 Å². The quantitative estimate of drug-likeness (QED) is 0.504. The average Bonchev–Trinajstić information content (AvgIpc) is 2.28. The number of phosphoric acid groups is 1. The largest absolute Gasteiger partial charge is 0.756 e. The Hall–Kier alpha value is 0.110. The second-order valence-electron chi connectivity index (χ2n) is 6.31. The highest BCUT2D eigenvalue weighted by atomic mass is 31.2. The zero-order valence-corrected chi connectivity index (χ0v) is 14.2. The van der Waals surface area contributed by atoms with Crippen molar-refractivity contribution in [2.75, 3.05) is 13.2 Å². The molecule has 0 aromatic carbocycles. The van der Waals surface area contributed by atoms with Gasteiger partial charge in [0.15, 0.2) is 0 Å². The molecule has 0 aliphatic rings. The van der Waals surface area contributed by atoms with Crippen LogP contribution in [0.5, 0.6) is 0 Å². The van der Waals surface area contributed by atoms with Crippen LogP contribution in [0.25, 0.3) is 0 Å². The molecule has 0 aliphatic heterocycles. The van der Waals surface area contributed by atoms with E-state index in [1.54, 1.807) is 6.92 Å². The Morgan fingerprint density at radius 3 is 1.90 bits per heavy atom.